The fourth-order valence-corrected chi connectivity index (χ4v) is 3.62. The number of ether oxygens (including phenoxy) is 2. The van der Waals surface area contributed by atoms with E-state index in [1.165, 1.54) is 37.3 Å². The number of amidine groups is 1. The van der Waals surface area contributed by atoms with Gasteiger partial charge in [-0.1, -0.05) is 5.16 Å². The monoisotopic (exact) mass is 518 g/mol. The molecule has 1 aliphatic heterocycles. The Kier molecular flexibility index (Phi) is 6.31. The van der Waals surface area contributed by atoms with E-state index in [9.17, 15) is 30.7 Å². The Morgan fingerprint density at radius 1 is 1.08 bits per heavy atom. The Labute approximate surface area is 198 Å². The van der Waals surface area contributed by atoms with Crippen LogP contribution < -0.4 is 10.5 Å². The van der Waals surface area contributed by atoms with Crippen molar-refractivity contribution < 1.29 is 44.7 Å². The average molecular weight is 518 g/mol. The number of aliphatic imine (C=N–C) groups is 1. The molecular formula is C22H17F7N4O3. The molecule has 0 amide bonds. The summed E-state index contributed by atoms with van der Waals surface area (Å²) in [5.41, 5.74) is 4.34. The van der Waals surface area contributed by atoms with Crippen LogP contribution in [0, 0.1) is 5.82 Å². The molecular weight excluding hydrogens is 501 g/mol. The quantitative estimate of drug-likeness (QED) is 0.457. The molecule has 36 heavy (non-hydrogen) atoms. The van der Waals surface area contributed by atoms with Crippen molar-refractivity contribution in [2.24, 2.45) is 10.7 Å². The maximum absolute atomic E-state index is 14.7. The minimum atomic E-state index is -4.74. The zero-order valence-electron chi connectivity index (χ0n) is 18.3. The van der Waals surface area contributed by atoms with Crippen LogP contribution in [0.25, 0.3) is 22.7 Å². The first-order valence-electron chi connectivity index (χ1n) is 10.3. The van der Waals surface area contributed by atoms with Gasteiger partial charge in [0.1, 0.15) is 17.3 Å². The lowest BCUT2D eigenvalue weighted by atomic mass is 9.84. The Balaban J connectivity index is 1.59. The Hall–Kier alpha value is -3.84. The number of halogens is 7. The van der Waals surface area contributed by atoms with Gasteiger partial charge >= 0.3 is 12.4 Å². The van der Waals surface area contributed by atoms with Crippen LogP contribution in [0.2, 0.25) is 0 Å². The van der Waals surface area contributed by atoms with Crippen LogP contribution in [-0.4, -0.2) is 41.2 Å². The van der Waals surface area contributed by atoms with Crippen LogP contribution >= 0.6 is 0 Å². The molecule has 3 aromatic rings. The fourth-order valence-electron chi connectivity index (χ4n) is 3.62. The number of hydrogen-bond acceptors (Lipinski definition) is 7. The molecule has 0 unspecified atom stereocenters. The van der Waals surface area contributed by atoms with Gasteiger partial charge in [0.25, 0.3) is 6.02 Å². The number of rotatable bonds is 5. The van der Waals surface area contributed by atoms with Crippen molar-refractivity contribution in [1.82, 2.24) is 10.1 Å². The first-order valence-corrected chi connectivity index (χ1v) is 10.3. The van der Waals surface area contributed by atoms with E-state index in [2.05, 4.69) is 24.6 Å². The van der Waals surface area contributed by atoms with Gasteiger partial charge in [-0.25, -0.2) is 9.38 Å². The number of nitrogens with two attached hydrogens (primary N) is 1. The molecule has 2 aromatic heterocycles. The molecule has 0 spiro atoms. The predicted octanol–water partition coefficient (Wildman–Crippen LogP) is 5.36. The molecule has 0 bridgehead atoms. The van der Waals surface area contributed by atoms with Crippen molar-refractivity contribution in [3.05, 3.63) is 54.0 Å². The van der Waals surface area contributed by atoms with Gasteiger partial charge in [0.2, 0.25) is 0 Å². The predicted molar refractivity (Wildman–Crippen MR) is 111 cm³/mol. The maximum Gasteiger partial charge on any atom is 0.425 e. The van der Waals surface area contributed by atoms with E-state index in [1.807, 2.05) is 0 Å². The van der Waals surface area contributed by atoms with E-state index in [0.717, 1.165) is 12.3 Å². The van der Waals surface area contributed by atoms with E-state index in [1.54, 1.807) is 0 Å². The molecule has 2 atom stereocenters. The third-order valence-electron chi connectivity index (χ3n) is 5.31. The second-order valence-electron chi connectivity index (χ2n) is 8.13. The number of aromatic nitrogens is 2. The van der Waals surface area contributed by atoms with Crippen molar-refractivity contribution >= 4 is 6.02 Å². The molecule has 3 heterocycles. The summed E-state index contributed by atoms with van der Waals surface area (Å²) in [5.74, 6) is -0.786. The standard InChI is InChI=1S/C22H17F7N4O3/c1-20(8-18(22(27,28)29)35-19(30)32-20)13-6-11(2-4-14(13)23)17-7-16(33-36-17)15-5-3-12(9-31-15)34-10-21(24,25)26/h2-7,9,18H,8,10H2,1H3,(H2,30,32)/t18-,20-/m0/s1. The van der Waals surface area contributed by atoms with Gasteiger partial charge in [0.15, 0.2) is 18.5 Å². The highest BCUT2D eigenvalue weighted by atomic mass is 19.4. The van der Waals surface area contributed by atoms with Gasteiger partial charge in [0.05, 0.1) is 17.4 Å². The van der Waals surface area contributed by atoms with Gasteiger partial charge < -0.3 is 19.7 Å². The summed E-state index contributed by atoms with van der Waals surface area (Å²) in [6.45, 7) is -0.166. The number of hydrogen-bond donors (Lipinski definition) is 1. The minimum absolute atomic E-state index is 0.107. The van der Waals surface area contributed by atoms with Crippen molar-refractivity contribution in [2.45, 2.75) is 37.3 Å². The van der Waals surface area contributed by atoms with E-state index in [0.29, 0.717) is 0 Å². The third kappa shape index (κ3) is 5.52. The number of nitrogens with zero attached hydrogens (tertiary/aromatic N) is 3. The zero-order valence-corrected chi connectivity index (χ0v) is 18.3. The molecule has 192 valence electrons. The lowest BCUT2D eigenvalue weighted by Crippen LogP contribution is -2.46. The normalized spacial score (nSPS) is 20.6. The molecule has 0 saturated carbocycles. The average Bonchev–Trinajstić information content (AvgIpc) is 3.27. The number of benzene rings is 1. The van der Waals surface area contributed by atoms with Crippen LogP contribution in [0.5, 0.6) is 5.75 Å². The molecule has 0 saturated heterocycles. The van der Waals surface area contributed by atoms with Crippen LogP contribution in [0.3, 0.4) is 0 Å². The molecule has 7 nitrogen and oxygen atoms in total. The SMILES string of the molecule is C[C@@]1(c2cc(-c3cc(-c4ccc(OCC(F)(F)F)cn4)no3)ccc2F)C[C@@H](C(F)(F)F)OC(N)=N1. The topological polar surface area (TPSA) is 95.8 Å². The highest BCUT2D eigenvalue weighted by molar-refractivity contribution is 5.73. The summed E-state index contributed by atoms with van der Waals surface area (Å²) in [7, 11) is 0. The van der Waals surface area contributed by atoms with Crippen LogP contribution in [0.15, 0.2) is 52.1 Å². The molecule has 0 fully saturated rings. The highest BCUT2D eigenvalue weighted by Crippen LogP contribution is 2.42. The van der Waals surface area contributed by atoms with Crippen LogP contribution in [0.4, 0.5) is 30.7 Å². The van der Waals surface area contributed by atoms with E-state index >= 15 is 0 Å². The molecule has 1 aromatic carbocycles. The Bertz CT molecular complexity index is 1270. The summed E-state index contributed by atoms with van der Waals surface area (Å²) in [6.07, 6.45) is -11.1. The van der Waals surface area contributed by atoms with Crippen LogP contribution in [0.1, 0.15) is 18.9 Å². The molecule has 0 radical (unpaired) electrons. The van der Waals surface area contributed by atoms with E-state index in [4.69, 9.17) is 10.3 Å². The van der Waals surface area contributed by atoms with Crippen molar-refractivity contribution in [3.8, 4) is 28.5 Å². The molecule has 0 aliphatic carbocycles. The highest BCUT2D eigenvalue weighted by Gasteiger charge is 2.50. The van der Waals surface area contributed by atoms with Gasteiger partial charge in [-0.3, -0.25) is 4.98 Å². The van der Waals surface area contributed by atoms with E-state index < -0.39 is 48.9 Å². The first kappa shape index (κ1) is 25.3. The van der Waals surface area contributed by atoms with Crippen molar-refractivity contribution in [3.63, 3.8) is 0 Å². The fraction of sp³-hybridized carbons (Fsp3) is 0.318. The molecule has 4 rings (SSSR count). The summed E-state index contributed by atoms with van der Waals surface area (Å²) < 4.78 is 106. The number of pyridine rings is 1. The van der Waals surface area contributed by atoms with E-state index in [-0.39, 0.29) is 34.0 Å². The lowest BCUT2D eigenvalue weighted by molar-refractivity contribution is -0.208. The largest absolute Gasteiger partial charge is 0.483 e. The third-order valence-corrected chi connectivity index (χ3v) is 5.31. The second-order valence-corrected chi connectivity index (χ2v) is 8.13. The maximum atomic E-state index is 14.7. The van der Waals surface area contributed by atoms with Gasteiger partial charge in [-0.2, -0.15) is 26.3 Å². The van der Waals surface area contributed by atoms with Gasteiger partial charge in [-0.15, -0.1) is 0 Å². The summed E-state index contributed by atoms with van der Waals surface area (Å²) in [6, 6.07) is 7.00. The van der Waals surface area contributed by atoms with Crippen molar-refractivity contribution in [2.75, 3.05) is 6.61 Å². The van der Waals surface area contributed by atoms with Gasteiger partial charge in [0, 0.05) is 23.6 Å². The zero-order chi connectivity index (χ0) is 26.3. The Morgan fingerprint density at radius 2 is 1.83 bits per heavy atom. The first-order chi connectivity index (χ1) is 16.7. The smallest absolute Gasteiger partial charge is 0.425 e. The summed E-state index contributed by atoms with van der Waals surface area (Å²) in [5, 5.41) is 3.85. The van der Waals surface area contributed by atoms with Gasteiger partial charge in [-0.05, 0) is 37.3 Å². The van der Waals surface area contributed by atoms with Crippen LogP contribution in [-0.2, 0) is 10.3 Å². The molecule has 2 N–H and O–H groups in total. The minimum Gasteiger partial charge on any atom is -0.483 e. The second kappa shape index (κ2) is 8.99. The molecule has 14 heteroatoms. The Morgan fingerprint density at radius 3 is 2.47 bits per heavy atom. The lowest BCUT2D eigenvalue weighted by Gasteiger charge is -2.36. The number of alkyl halides is 6. The summed E-state index contributed by atoms with van der Waals surface area (Å²) >= 11 is 0. The van der Waals surface area contributed by atoms with Crippen molar-refractivity contribution in [1.29, 1.82) is 0 Å². The molecule has 1 aliphatic rings. The summed E-state index contributed by atoms with van der Waals surface area (Å²) in [4.78, 5) is 7.91.